The minimum atomic E-state index is -4.64. The van der Waals surface area contributed by atoms with E-state index in [2.05, 4.69) is 10.1 Å². The Bertz CT molecular complexity index is 1750. The summed E-state index contributed by atoms with van der Waals surface area (Å²) in [6.07, 6.45) is -1.98. The van der Waals surface area contributed by atoms with Crippen molar-refractivity contribution in [1.29, 1.82) is 0 Å². The number of aryl methyl sites for hydroxylation is 1. The van der Waals surface area contributed by atoms with E-state index < -0.39 is 36.2 Å². The molecule has 4 aromatic rings. The minimum Gasteiger partial charge on any atom is -0.465 e. The molecule has 1 atom stereocenters. The first-order chi connectivity index (χ1) is 19.4. The maximum atomic E-state index is 12.9. The normalized spacial score (nSPS) is 15.9. The molecule has 1 N–H and O–H groups in total. The number of hydrogen-bond acceptors (Lipinski definition) is 6. The molecule has 11 nitrogen and oxygen atoms in total. The van der Waals surface area contributed by atoms with E-state index in [9.17, 15) is 32.7 Å². The monoisotopic (exact) mass is 592 g/mol. The van der Waals surface area contributed by atoms with E-state index in [0.29, 0.717) is 38.3 Å². The molecule has 0 aliphatic carbocycles. The van der Waals surface area contributed by atoms with Crippen molar-refractivity contribution in [3.05, 3.63) is 85.5 Å². The number of nitrogens with zero attached hydrogens (tertiary/aromatic N) is 6. The summed E-state index contributed by atoms with van der Waals surface area (Å²) in [7, 11) is 0. The molecule has 41 heavy (non-hydrogen) atoms. The van der Waals surface area contributed by atoms with E-state index in [4.69, 9.17) is 16.3 Å². The highest BCUT2D eigenvalue weighted by Gasteiger charge is 2.29. The van der Waals surface area contributed by atoms with E-state index >= 15 is 0 Å². The van der Waals surface area contributed by atoms with Crippen molar-refractivity contribution in [1.82, 2.24) is 28.6 Å². The lowest BCUT2D eigenvalue weighted by atomic mass is 9.93. The maximum Gasteiger partial charge on any atom is 0.407 e. The Morgan fingerprint density at radius 3 is 2.76 bits per heavy atom. The average molecular weight is 593 g/mol. The Morgan fingerprint density at radius 2 is 2.02 bits per heavy atom. The number of benzene rings is 1. The molecule has 1 aromatic carbocycles. The summed E-state index contributed by atoms with van der Waals surface area (Å²) in [4.78, 5) is 42.3. The van der Waals surface area contributed by atoms with Crippen molar-refractivity contribution in [2.75, 3.05) is 19.7 Å². The van der Waals surface area contributed by atoms with Gasteiger partial charge in [-0.1, -0.05) is 11.6 Å². The largest absolute Gasteiger partial charge is 0.465 e. The summed E-state index contributed by atoms with van der Waals surface area (Å²) in [5, 5.41) is 14.1. The van der Waals surface area contributed by atoms with Crippen LogP contribution in [0, 0.1) is 6.92 Å². The van der Waals surface area contributed by atoms with Gasteiger partial charge in [0.1, 0.15) is 12.9 Å². The van der Waals surface area contributed by atoms with Crippen molar-refractivity contribution in [3.8, 4) is 11.3 Å². The van der Waals surface area contributed by atoms with Crippen LogP contribution < -0.4 is 11.2 Å². The zero-order valence-electron chi connectivity index (χ0n) is 21.6. The Kier molecular flexibility index (Phi) is 7.62. The number of carbonyl (C=O) groups is 1. The van der Waals surface area contributed by atoms with Gasteiger partial charge in [0.25, 0.3) is 5.56 Å². The third kappa shape index (κ3) is 6.12. The Balaban J connectivity index is 1.53. The first-order valence-electron chi connectivity index (χ1n) is 12.5. The fourth-order valence-corrected chi connectivity index (χ4v) is 5.25. The predicted molar refractivity (Wildman–Crippen MR) is 141 cm³/mol. The smallest absolute Gasteiger partial charge is 0.407 e. The molecule has 5 rings (SSSR count). The highest BCUT2D eigenvalue weighted by Crippen LogP contribution is 2.33. The van der Waals surface area contributed by atoms with Crippen LogP contribution >= 0.6 is 11.6 Å². The number of fused-ring (bicyclic) bond motifs is 1. The summed E-state index contributed by atoms with van der Waals surface area (Å²) in [6, 6.07) is 6.07. The average Bonchev–Trinajstić information content (AvgIpc) is 3.32. The van der Waals surface area contributed by atoms with Crippen LogP contribution in [-0.2, 0) is 24.2 Å². The molecule has 1 aliphatic heterocycles. The van der Waals surface area contributed by atoms with Gasteiger partial charge >= 0.3 is 18.0 Å². The topological polar surface area (TPSA) is 124 Å². The van der Waals surface area contributed by atoms with Crippen LogP contribution in [0.25, 0.3) is 16.8 Å². The van der Waals surface area contributed by atoms with E-state index in [-0.39, 0.29) is 26.2 Å². The third-order valence-electron chi connectivity index (χ3n) is 6.83. The molecule has 4 heterocycles. The molecule has 0 unspecified atom stereocenters. The molecule has 1 aliphatic rings. The Hall–Kier alpha value is -4.17. The Morgan fingerprint density at radius 1 is 1.24 bits per heavy atom. The highest BCUT2D eigenvalue weighted by atomic mass is 35.5. The molecule has 0 saturated carbocycles. The Labute approximate surface area is 235 Å². The molecule has 0 bridgehead atoms. The maximum absolute atomic E-state index is 12.9. The van der Waals surface area contributed by atoms with Gasteiger partial charge in [0.05, 0.1) is 37.0 Å². The quantitative estimate of drug-likeness (QED) is 0.365. The summed E-state index contributed by atoms with van der Waals surface area (Å²) >= 11 is 6.42. The second-order valence-corrected chi connectivity index (χ2v) is 10.2. The van der Waals surface area contributed by atoms with Crippen LogP contribution in [0.1, 0.15) is 16.7 Å². The van der Waals surface area contributed by atoms with Gasteiger partial charge in [-0.25, -0.2) is 19.1 Å². The SMILES string of the molecule is Cc1cc(Cl)cc(-c2ncnn3cc(Cn4c(=O)ccn(CC(F)(F)F)c4=O)cc23)c1C[C@@H]1CN(C(=O)O)CCO1. The number of aromatic nitrogens is 5. The fraction of sp³-hybridized carbons (Fsp3) is 0.346. The molecule has 1 amide bonds. The van der Waals surface area contributed by atoms with Gasteiger partial charge in [-0.05, 0) is 41.8 Å². The summed E-state index contributed by atoms with van der Waals surface area (Å²) in [5.74, 6) is 0. The van der Waals surface area contributed by atoms with Crippen LogP contribution in [0.2, 0.25) is 5.02 Å². The molecular formula is C26H24ClF3N6O5. The van der Waals surface area contributed by atoms with Gasteiger partial charge in [-0.2, -0.15) is 18.3 Å². The standard InChI is InChI=1S/C26H24ClF3N6O5/c1-15-6-17(27)8-20(19(15)9-18-12-33(25(39)40)4-5-41-18)23-21-7-16(11-36(21)32-14-31-23)10-35-22(37)2-3-34(24(35)38)13-26(28,29)30/h2-3,6-8,11,14,18H,4-5,9-10,12-13H2,1H3,(H,39,40)/t18-/m1/s1. The van der Waals surface area contributed by atoms with Crippen molar-refractivity contribution in [2.24, 2.45) is 0 Å². The van der Waals surface area contributed by atoms with Crippen molar-refractivity contribution in [2.45, 2.75) is 38.7 Å². The number of ether oxygens (including phenoxy) is 1. The number of carboxylic acid groups (broad SMARTS) is 1. The van der Waals surface area contributed by atoms with E-state index in [1.54, 1.807) is 24.4 Å². The van der Waals surface area contributed by atoms with Crippen LogP contribution in [0.15, 0.2) is 52.6 Å². The number of halogens is 4. The van der Waals surface area contributed by atoms with Gasteiger partial charge in [-0.15, -0.1) is 0 Å². The second-order valence-electron chi connectivity index (χ2n) is 9.73. The molecule has 1 saturated heterocycles. The first-order valence-corrected chi connectivity index (χ1v) is 12.9. The lowest BCUT2D eigenvalue weighted by molar-refractivity contribution is -0.141. The number of alkyl halides is 3. The van der Waals surface area contributed by atoms with Crippen LogP contribution in [0.4, 0.5) is 18.0 Å². The lowest BCUT2D eigenvalue weighted by Gasteiger charge is -2.31. The zero-order valence-corrected chi connectivity index (χ0v) is 22.4. The molecule has 15 heteroatoms. The van der Waals surface area contributed by atoms with Gasteiger partial charge in [0.15, 0.2) is 0 Å². The molecule has 216 valence electrons. The fourth-order valence-electron chi connectivity index (χ4n) is 4.98. The minimum absolute atomic E-state index is 0.197. The molecule has 0 radical (unpaired) electrons. The van der Waals surface area contributed by atoms with Gasteiger partial charge in [-0.3, -0.25) is 13.9 Å². The first kappa shape index (κ1) is 28.4. The second kappa shape index (κ2) is 11.0. The number of amides is 1. The van der Waals surface area contributed by atoms with E-state index in [1.165, 1.54) is 15.7 Å². The molecule has 3 aromatic heterocycles. The summed E-state index contributed by atoms with van der Waals surface area (Å²) in [6.45, 7) is 0.805. The predicted octanol–water partition coefficient (Wildman–Crippen LogP) is 3.21. The van der Waals surface area contributed by atoms with Crippen LogP contribution in [0.5, 0.6) is 0 Å². The van der Waals surface area contributed by atoms with E-state index in [0.717, 1.165) is 28.0 Å². The van der Waals surface area contributed by atoms with Crippen LogP contribution in [0.3, 0.4) is 0 Å². The number of hydrogen-bond donors (Lipinski definition) is 1. The van der Waals surface area contributed by atoms with Crippen LogP contribution in [-0.4, -0.2) is 71.8 Å². The number of rotatable bonds is 6. The number of morpholine rings is 1. The molecule has 0 spiro atoms. The van der Waals surface area contributed by atoms with E-state index in [1.807, 2.05) is 6.92 Å². The van der Waals surface area contributed by atoms with Crippen molar-refractivity contribution < 1.29 is 27.8 Å². The van der Waals surface area contributed by atoms with Crippen molar-refractivity contribution in [3.63, 3.8) is 0 Å². The van der Waals surface area contributed by atoms with Crippen molar-refractivity contribution >= 4 is 23.2 Å². The lowest BCUT2D eigenvalue weighted by Crippen LogP contribution is -2.45. The van der Waals surface area contributed by atoms with Gasteiger partial charge < -0.3 is 14.7 Å². The third-order valence-corrected chi connectivity index (χ3v) is 7.04. The molecule has 1 fully saturated rings. The molecular weight excluding hydrogens is 569 g/mol. The van der Waals surface area contributed by atoms with Gasteiger partial charge in [0.2, 0.25) is 0 Å². The summed E-state index contributed by atoms with van der Waals surface area (Å²) in [5.41, 5.74) is 1.92. The zero-order chi connectivity index (χ0) is 29.5. The summed E-state index contributed by atoms with van der Waals surface area (Å²) < 4.78 is 47.2. The van der Waals surface area contributed by atoms with Gasteiger partial charge in [0, 0.05) is 42.0 Å². The highest BCUT2D eigenvalue weighted by molar-refractivity contribution is 6.31.